The molecule has 0 aliphatic carbocycles. The fourth-order valence-corrected chi connectivity index (χ4v) is 3.27. The fraction of sp³-hybridized carbons (Fsp3) is 0.235. The molecule has 4 rings (SSSR count). The highest BCUT2D eigenvalue weighted by Crippen LogP contribution is 2.25. The summed E-state index contributed by atoms with van der Waals surface area (Å²) in [5.41, 5.74) is 0.902. The van der Waals surface area contributed by atoms with Gasteiger partial charge in [0.15, 0.2) is 0 Å². The van der Waals surface area contributed by atoms with Gasteiger partial charge in [-0.3, -0.25) is 14.2 Å². The molecule has 1 aromatic heterocycles. The molecule has 0 radical (unpaired) electrons. The van der Waals surface area contributed by atoms with Crippen molar-refractivity contribution in [3.63, 3.8) is 0 Å². The van der Waals surface area contributed by atoms with Gasteiger partial charge in [0.25, 0.3) is 0 Å². The maximum absolute atomic E-state index is 12.7. The number of fused-ring (bicyclic) bond motifs is 3. The molecule has 0 saturated carbocycles. The number of amides is 2. The lowest BCUT2D eigenvalue weighted by Gasteiger charge is -2.25. The summed E-state index contributed by atoms with van der Waals surface area (Å²) in [5, 5.41) is 2.92. The molecular formula is C17H15N3O3. The number of piperidine rings is 1. The smallest absolute Gasteiger partial charge is 0.293 e. The van der Waals surface area contributed by atoms with Gasteiger partial charge in [-0.15, -0.1) is 0 Å². The summed E-state index contributed by atoms with van der Waals surface area (Å²) >= 11 is 0. The lowest BCUT2D eigenvalue weighted by atomic mass is 10.1. The second kappa shape index (κ2) is 4.81. The molecule has 1 saturated heterocycles. The monoisotopic (exact) mass is 309 g/mol. The Morgan fingerprint density at radius 1 is 0.913 bits per heavy atom. The molecule has 0 bridgehead atoms. The zero-order valence-corrected chi connectivity index (χ0v) is 12.7. The molecule has 6 heteroatoms. The molecule has 6 nitrogen and oxygen atoms in total. The van der Waals surface area contributed by atoms with E-state index in [1.807, 2.05) is 30.3 Å². The van der Waals surface area contributed by atoms with Crippen molar-refractivity contribution < 1.29 is 9.59 Å². The Kier molecular flexibility index (Phi) is 2.87. The van der Waals surface area contributed by atoms with Crippen molar-refractivity contribution in [2.24, 2.45) is 7.05 Å². The average molecular weight is 309 g/mol. The minimum atomic E-state index is -0.389. The predicted molar refractivity (Wildman–Crippen MR) is 86.8 cm³/mol. The average Bonchev–Trinajstić information content (AvgIpc) is 2.80. The van der Waals surface area contributed by atoms with Gasteiger partial charge in [-0.2, -0.15) is 9.69 Å². The van der Waals surface area contributed by atoms with Gasteiger partial charge >= 0.3 is 5.69 Å². The van der Waals surface area contributed by atoms with Crippen molar-refractivity contribution in [3.05, 3.63) is 46.9 Å². The largest absolute Gasteiger partial charge is 0.348 e. The summed E-state index contributed by atoms with van der Waals surface area (Å²) in [5.74, 6) is -0.659. The first-order valence-corrected chi connectivity index (χ1v) is 7.55. The number of carbonyl (C=O) groups is 2. The van der Waals surface area contributed by atoms with Gasteiger partial charge in [0.2, 0.25) is 11.8 Å². The number of benzene rings is 2. The number of carbonyl (C=O) groups excluding carboxylic acids is 2. The fourth-order valence-electron chi connectivity index (χ4n) is 3.27. The van der Waals surface area contributed by atoms with Gasteiger partial charge in [-0.05, 0) is 17.9 Å². The van der Waals surface area contributed by atoms with E-state index in [0.29, 0.717) is 11.9 Å². The molecule has 0 N–H and O–H groups in total. The van der Waals surface area contributed by atoms with Crippen molar-refractivity contribution in [1.29, 1.82) is 0 Å². The summed E-state index contributed by atoms with van der Waals surface area (Å²) in [6.07, 6.45) is 1.10. The Hall–Kier alpha value is -2.89. The summed E-state index contributed by atoms with van der Waals surface area (Å²) in [6.45, 7) is 0. The van der Waals surface area contributed by atoms with E-state index in [0.717, 1.165) is 21.3 Å². The topological polar surface area (TPSA) is 64.3 Å². The van der Waals surface area contributed by atoms with Crippen molar-refractivity contribution in [2.45, 2.75) is 19.3 Å². The number of hydrogen-bond donors (Lipinski definition) is 0. The molecule has 0 atom stereocenters. The Morgan fingerprint density at radius 3 is 2.35 bits per heavy atom. The van der Waals surface area contributed by atoms with E-state index in [-0.39, 0.29) is 30.3 Å². The van der Waals surface area contributed by atoms with Gasteiger partial charge in [0.05, 0.1) is 11.0 Å². The summed E-state index contributed by atoms with van der Waals surface area (Å²) in [4.78, 5) is 37.1. The van der Waals surface area contributed by atoms with Crippen molar-refractivity contribution in [2.75, 3.05) is 5.01 Å². The van der Waals surface area contributed by atoms with E-state index in [1.54, 1.807) is 13.1 Å². The van der Waals surface area contributed by atoms with Crippen LogP contribution < -0.4 is 10.7 Å². The van der Waals surface area contributed by atoms with Crippen LogP contribution in [-0.2, 0) is 16.6 Å². The van der Waals surface area contributed by atoms with E-state index in [1.165, 1.54) is 9.24 Å². The number of aromatic nitrogens is 2. The quantitative estimate of drug-likeness (QED) is 0.642. The maximum atomic E-state index is 12.7. The van der Waals surface area contributed by atoms with Gasteiger partial charge in [-0.1, -0.05) is 30.3 Å². The lowest BCUT2D eigenvalue weighted by molar-refractivity contribution is -0.131. The molecule has 2 heterocycles. The van der Waals surface area contributed by atoms with Gasteiger partial charge in [0.1, 0.15) is 0 Å². The number of rotatable bonds is 1. The number of imide groups is 1. The van der Waals surface area contributed by atoms with E-state index < -0.39 is 0 Å². The third-order valence-corrected chi connectivity index (χ3v) is 4.36. The van der Waals surface area contributed by atoms with Crippen LogP contribution in [-0.4, -0.2) is 21.1 Å². The first-order valence-electron chi connectivity index (χ1n) is 7.55. The molecule has 116 valence electrons. The molecule has 0 unspecified atom stereocenters. The van der Waals surface area contributed by atoms with Gasteiger partial charge in [-0.25, -0.2) is 4.79 Å². The highest BCUT2D eigenvalue weighted by Gasteiger charge is 2.31. The maximum Gasteiger partial charge on any atom is 0.348 e. The van der Waals surface area contributed by atoms with E-state index >= 15 is 0 Å². The second-order valence-electron chi connectivity index (χ2n) is 5.76. The summed E-state index contributed by atoms with van der Waals surface area (Å²) in [6, 6.07) is 11.4. The number of imidazole rings is 1. The number of hydrogen-bond acceptors (Lipinski definition) is 3. The van der Waals surface area contributed by atoms with Crippen molar-refractivity contribution >= 4 is 33.6 Å². The molecule has 2 amide bonds. The van der Waals surface area contributed by atoms with Crippen molar-refractivity contribution in [1.82, 2.24) is 9.24 Å². The van der Waals surface area contributed by atoms with Crippen LogP contribution in [0.3, 0.4) is 0 Å². The van der Waals surface area contributed by atoms with Crippen LogP contribution in [0.5, 0.6) is 0 Å². The van der Waals surface area contributed by atoms with Gasteiger partial charge in [0, 0.05) is 25.3 Å². The molecule has 0 spiro atoms. The van der Waals surface area contributed by atoms with Crippen LogP contribution >= 0.6 is 0 Å². The minimum absolute atomic E-state index is 0.280. The van der Waals surface area contributed by atoms with Crippen LogP contribution in [0.4, 0.5) is 0 Å². The Labute approximate surface area is 131 Å². The lowest BCUT2D eigenvalue weighted by Crippen LogP contribution is -2.52. The first kappa shape index (κ1) is 13.8. The van der Waals surface area contributed by atoms with E-state index in [2.05, 4.69) is 0 Å². The number of aryl methyl sites for hydroxylation is 1. The van der Waals surface area contributed by atoms with Crippen LogP contribution in [0, 0.1) is 0 Å². The Morgan fingerprint density at radius 2 is 1.61 bits per heavy atom. The molecule has 23 heavy (non-hydrogen) atoms. The zero-order chi connectivity index (χ0) is 16.1. The SMILES string of the molecule is Cn1c(=O)n(N2C(=O)CCCC2=O)c2ccc3ccccc3c21. The molecular weight excluding hydrogens is 294 g/mol. The number of nitrogens with zero attached hydrogens (tertiary/aromatic N) is 3. The minimum Gasteiger partial charge on any atom is -0.293 e. The molecule has 1 aliphatic heterocycles. The van der Waals surface area contributed by atoms with E-state index in [4.69, 9.17) is 0 Å². The highest BCUT2D eigenvalue weighted by molar-refractivity contribution is 6.12. The summed E-state index contributed by atoms with van der Waals surface area (Å²) < 4.78 is 2.71. The van der Waals surface area contributed by atoms with Gasteiger partial charge < -0.3 is 0 Å². The molecule has 3 aromatic rings. The third kappa shape index (κ3) is 1.84. The third-order valence-electron chi connectivity index (χ3n) is 4.36. The van der Waals surface area contributed by atoms with Crippen LogP contribution in [0.25, 0.3) is 21.8 Å². The molecule has 1 fully saturated rings. The van der Waals surface area contributed by atoms with E-state index in [9.17, 15) is 14.4 Å². The normalized spacial score (nSPS) is 15.8. The highest BCUT2D eigenvalue weighted by atomic mass is 16.2. The summed E-state index contributed by atoms with van der Waals surface area (Å²) in [7, 11) is 1.66. The van der Waals surface area contributed by atoms with Crippen LogP contribution in [0.1, 0.15) is 19.3 Å². The Bertz CT molecular complexity index is 1010. The molecule has 1 aliphatic rings. The predicted octanol–water partition coefficient (Wildman–Crippen LogP) is 1.67. The van der Waals surface area contributed by atoms with Crippen LogP contribution in [0.15, 0.2) is 41.2 Å². The van der Waals surface area contributed by atoms with Crippen LogP contribution in [0.2, 0.25) is 0 Å². The van der Waals surface area contributed by atoms with Crippen molar-refractivity contribution in [3.8, 4) is 0 Å². The first-order chi connectivity index (χ1) is 11.1. The Balaban J connectivity index is 2.10. The standard InChI is InChI=1S/C17H15N3O3/c1-18-16-12-6-3-2-5-11(12)9-10-13(16)19(17(18)23)20-14(21)7-4-8-15(20)22/h2-3,5-6,9-10H,4,7-8H2,1H3. The zero-order valence-electron chi connectivity index (χ0n) is 12.7. The molecule has 2 aromatic carbocycles. The second-order valence-corrected chi connectivity index (χ2v) is 5.76.